The molecule has 0 aromatic heterocycles. The lowest BCUT2D eigenvalue weighted by atomic mass is 10.1. The Morgan fingerprint density at radius 1 is 1.27 bits per heavy atom. The number of hydrogen-bond donors (Lipinski definition) is 1. The van der Waals surface area contributed by atoms with Gasteiger partial charge in [-0.1, -0.05) is 30.3 Å². The first-order valence-corrected chi connectivity index (χ1v) is 10.8. The lowest BCUT2D eigenvalue weighted by molar-refractivity contribution is 0.0264. The first kappa shape index (κ1) is 23.4. The highest BCUT2D eigenvalue weighted by Crippen LogP contribution is 2.13. The van der Waals surface area contributed by atoms with Gasteiger partial charge in [0.1, 0.15) is 0 Å². The van der Waals surface area contributed by atoms with E-state index in [0.717, 1.165) is 50.6 Å². The van der Waals surface area contributed by atoms with Gasteiger partial charge >= 0.3 is 0 Å². The Morgan fingerprint density at radius 3 is 2.58 bits per heavy atom. The van der Waals surface area contributed by atoms with Gasteiger partial charge in [-0.15, -0.1) is 24.0 Å². The quantitative estimate of drug-likeness (QED) is 0.344. The SMILES string of the molecule is CCNC(=NCCS(=O)Cc1ccccc1)N1CCC(OCC)CC1.I. The molecule has 0 spiro atoms. The Bertz CT molecular complexity index is 549. The second-order valence-corrected chi connectivity index (χ2v) is 7.73. The molecule has 7 heteroatoms. The topological polar surface area (TPSA) is 53.9 Å². The van der Waals surface area contributed by atoms with Crippen molar-refractivity contribution in [1.29, 1.82) is 0 Å². The average molecular weight is 493 g/mol. The summed E-state index contributed by atoms with van der Waals surface area (Å²) >= 11 is 0. The summed E-state index contributed by atoms with van der Waals surface area (Å²) in [5, 5.41) is 3.36. The van der Waals surface area contributed by atoms with E-state index in [2.05, 4.69) is 22.1 Å². The van der Waals surface area contributed by atoms with E-state index < -0.39 is 10.8 Å². The highest BCUT2D eigenvalue weighted by molar-refractivity contribution is 14.0. The number of halogens is 1. The van der Waals surface area contributed by atoms with Crippen LogP contribution in [0.3, 0.4) is 0 Å². The van der Waals surface area contributed by atoms with Gasteiger partial charge in [0, 0.05) is 48.5 Å². The van der Waals surface area contributed by atoms with E-state index in [9.17, 15) is 4.21 Å². The predicted molar refractivity (Wildman–Crippen MR) is 121 cm³/mol. The molecule has 148 valence electrons. The van der Waals surface area contributed by atoms with E-state index in [1.54, 1.807) is 0 Å². The fourth-order valence-electron chi connectivity index (χ4n) is 2.98. The predicted octanol–water partition coefficient (Wildman–Crippen LogP) is 3.02. The molecular weight excluding hydrogens is 461 g/mol. The number of hydrogen-bond acceptors (Lipinski definition) is 3. The normalized spacial score (nSPS) is 16.8. The number of rotatable bonds is 8. The van der Waals surface area contributed by atoms with Gasteiger partial charge in [-0.05, 0) is 32.3 Å². The number of nitrogens with zero attached hydrogens (tertiary/aromatic N) is 2. The monoisotopic (exact) mass is 493 g/mol. The van der Waals surface area contributed by atoms with Crippen LogP contribution in [-0.4, -0.2) is 59.7 Å². The van der Waals surface area contributed by atoms with E-state index >= 15 is 0 Å². The Hall–Kier alpha value is -0.670. The number of piperidine rings is 1. The maximum atomic E-state index is 12.2. The summed E-state index contributed by atoms with van der Waals surface area (Å²) in [5.41, 5.74) is 1.12. The fraction of sp³-hybridized carbons (Fsp3) is 0.632. The smallest absolute Gasteiger partial charge is 0.193 e. The summed E-state index contributed by atoms with van der Waals surface area (Å²) in [6, 6.07) is 10.00. The number of likely N-dealkylation sites (tertiary alicyclic amines) is 1. The molecule has 2 rings (SSSR count). The molecule has 0 saturated carbocycles. The molecule has 1 atom stereocenters. The minimum atomic E-state index is -0.878. The molecule has 1 unspecified atom stereocenters. The summed E-state index contributed by atoms with van der Waals surface area (Å²) in [7, 11) is -0.878. The zero-order valence-corrected chi connectivity index (χ0v) is 19.0. The standard InChI is InChI=1S/C19H31N3O2S.HI/c1-3-20-19(22-13-10-18(11-14-22)24-4-2)21-12-15-25(23)16-17-8-6-5-7-9-17;/h5-9,18H,3-4,10-16H2,1-2H3,(H,20,21);1H. The largest absolute Gasteiger partial charge is 0.378 e. The van der Waals surface area contributed by atoms with Crippen LogP contribution in [0.1, 0.15) is 32.3 Å². The molecule has 0 bridgehead atoms. The number of benzene rings is 1. The van der Waals surface area contributed by atoms with E-state index in [-0.39, 0.29) is 24.0 Å². The molecule has 5 nitrogen and oxygen atoms in total. The summed E-state index contributed by atoms with van der Waals surface area (Å²) < 4.78 is 17.9. The molecule has 1 fully saturated rings. The van der Waals surface area contributed by atoms with Crippen LogP contribution < -0.4 is 5.32 Å². The summed E-state index contributed by atoms with van der Waals surface area (Å²) in [6.07, 6.45) is 2.46. The third-order valence-corrected chi connectivity index (χ3v) is 5.52. The number of nitrogens with one attached hydrogen (secondary N) is 1. The second kappa shape index (κ2) is 13.5. The van der Waals surface area contributed by atoms with Crippen molar-refractivity contribution in [3.8, 4) is 0 Å². The summed E-state index contributed by atoms with van der Waals surface area (Å²) in [5.74, 6) is 2.14. The van der Waals surface area contributed by atoms with Crippen molar-refractivity contribution in [1.82, 2.24) is 10.2 Å². The molecule has 0 aliphatic carbocycles. The minimum absolute atomic E-state index is 0. The Morgan fingerprint density at radius 2 is 1.96 bits per heavy atom. The zero-order chi connectivity index (χ0) is 17.9. The van der Waals surface area contributed by atoms with Crippen molar-refractivity contribution in [2.24, 2.45) is 4.99 Å². The van der Waals surface area contributed by atoms with Gasteiger partial charge in [0.2, 0.25) is 0 Å². The molecular formula is C19H32IN3O2S. The van der Waals surface area contributed by atoms with Gasteiger partial charge in [-0.3, -0.25) is 9.20 Å². The zero-order valence-electron chi connectivity index (χ0n) is 15.9. The van der Waals surface area contributed by atoms with Crippen LogP contribution in [0.25, 0.3) is 0 Å². The van der Waals surface area contributed by atoms with E-state index in [0.29, 0.717) is 24.2 Å². The van der Waals surface area contributed by atoms with Crippen LogP contribution in [-0.2, 0) is 21.3 Å². The third kappa shape index (κ3) is 8.35. The summed E-state index contributed by atoms with van der Waals surface area (Å²) in [6.45, 7) is 8.27. The van der Waals surface area contributed by atoms with Crippen molar-refractivity contribution in [2.75, 3.05) is 38.5 Å². The van der Waals surface area contributed by atoms with E-state index in [1.807, 2.05) is 37.3 Å². The number of aliphatic imine (C=N–C) groups is 1. The second-order valence-electron chi connectivity index (χ2n) is 6.15. The van der Waals surface area contributed by atoms with E-state index in [4.69, 9.17) is 4.74 Å². The third-order valence-electron chi connectivity index (χ3n) is 4.23. The van der Waals surface area contributed by atoms with Gasteiger partial charge in [0.25, 0.3) is 0 Å². The molecule has 1 N–H and O–H groups in total. The number of ether oxygens (including phenoxy) is 1. The maximum Gasteiger partial charge on any atom is 0.193 e. The van der Waals surface area contributed by atoms with Crippen LogP contribution in [0.5, 0.6) is 0 Å². The Balaban J connectivity index is 0.00000338. The Kier molecular flexibility index (Phi) is 12.1. The maximum absolute atomic E-state index is 12.2. The fourth-order valence-corrected chi connectivity index (χ4v) is 3.98. The van der Waals surface area contributed by atoms with Crippen LogP contribution in [0, 0.1) is 0 Å². The number of guanidine groups is 1. The van der Waals surface area contributed by atoms with Gasteiger partial charge in [0.15, 0.2) is 5.96 Å². The van der Waals surface area contributed by atoms with Gasteiger partial charge in [0.05, 0.1) is 12.6 Å². The minimum Gasteiger partial charge on any atom is -0.378 e. The average Bonchev–Trinajstić information content (AvgIpc) is 2.63. The van der Waals surface area contributed by atoms with Crippen molar-refractivity contribution in [3.05, 3.63) is 35.9 Å². The van der Waals surface area contributed by atoms with E-state index in [1.165, 1.54) is 0 Å². The molecule has 0 radical (unpaired) electrons. The summed E-state index contributed by atoms with van der Waals surface area (Å²) in [4.78, 5) is 6.98. The Labute approximate surface area is 177 Å². The van der Waals surface area contributed by atoms with Crippen LogP contribution in [0.4, 0.5) is 0 Å². The lowest BCUT2D eigenvalue weighted by Gasteiger charge is -2.34. The first-order valence-electron chi connectivity index (χ1n) is 9.26. The van der Waals surface area contributed by atoms with Gasteiger partial charge < -0.3 is 15.0 Å². The molecule has 26 heavy (non-hydrogen) atoms. The highest BCUT2D eigenvalue weighted by Gasteiger charge is 2.21. The van der Waals surface area contributed by atoms with Crippen molar-refractivity contribution >= 4 is 40.7 Å². The first-order chi connectivity index (χ1) is 12.2. The van der Waals surface area contributed by atoms with Crippen LogP contribution in [0.15, 0.2) is 35.3 Å². The molecule has 0 amide bonds. The van der Waals surface area contributed by atoms with Gasteiger partial charge in [-0.25, -0.2) is 0 Å². The van der Waals surface area contributed by atoms with Crippen LogP contribution in [0.2, 0.25) is 0 Å². The molecule has 1 aromatic rings. The van der Waals surface area contributed by atoms with Crippen LogP contribution >= 0.6 is 24.0 Å². The molecule has 1 heterocycles. The molecule has 1 aliphatic heterocycles. The highest BCUT2D eigenvalue weighted by atomic mass is 127. The molecule has 1 saturated heterocycles. The molecule has 1 aromatic carbocycles. The van der Waals surface area contributed by atoms with Crippen molar-refractivity contribution in [3.63, 3.8) is 0 Å². The van der Waals surface area contributed by atoms with Gasteiger partial charge in [-0.2, -0.15) is 0 Å². The van der Waals surface area contributed by atoms with Crippen molar-refractivity contribution < 1.29 is 8.95 Å². The van der Waals surface area contributed by atoms with Crippen molar-refractivity contribution in [2.45, 2.75) is 38.5 Å². The molecule has 1 aliphatic rings. The lowest BCUT2D eigenvalue weighted by Crippen LogP contribution is -2.47.